The molecule has 0 saturated carbocycles. The van der Waals surface area contributed by atoms with E-state index in [9.17, 15) is 26.4 Å². The zero-order valence-corrected chi connectivity index (χ0v) is 18.2. The smallest absolute Gasteiger partial charge is 0.481 e. The van der Waals surface area contributed by atoms with Gasteiger partial charge < -0.3 is 9.84 Å². The SMILES string of the molecule is C#Cc1cc(CC(=O)O)cc(S(=O)(=O)N2CCN(Cc3ccc(OC(F)(F)F)cc3)CC2)c1. The van der Waals surface area contributed by atoms with Gasteiger partial charge in [0.05, 0.1) is 11.3 Å². The molecule has 1 saturated heterocycles. The molecule has 0 aliphatic carbocycles. The maximum atomic E-state index is 13.1. The van der Waals surface area contributed by atoms with Crippen molar-refractivity contribution in [1.29, 1.82) is 0 Å². The zero-order chi connectivity index (χ0) is 24.2. The van der Waals surface area contributed by atoms with Gasteiger partial charge in [0.1, 0.15) is 5.75 Å². The minimum atomic E-state index is -4.75. The number of hydrogen-bond donors (Lipinski definition) is 1. The summed E-state index contributed by atoms with van der Waals surface area (Å²) in [6.45, 7) is 1.67. The molecule has 1 aliphatic rings. The summed E-state index contributed by atoms with van der Waals surface area (Å²) in [5.74, 6) is 0.946. The number of carbonyl (C=O) groups is 1. The number of piperazine rings is 1. The number of aliphatic carboxylic acids is 1. The first-order valence-corrected chi connectivity index (χ1v) is 11.3. The first-order chi connectivity index (χ1) is 15.5. The Morgan fingerprint density at radius 3 is 2.24 bits per heavy atom. The highest BCUT2D eigenvalue weighted by Gasteiger charge is 2.31. The van der Waals surface area contributed by atoms with Gasteiger partial charge in [0, 0.05) is 38.3 Å². The number of carboxylic acids is 1. The van der Waals surface area contributed by atoms with E-state index in [0.717, 1.165) is 5.56 Å². The Morgan fingerprint density at radius 1 is 1.06 bits per heavy atom. The predicted octanol–water partition coefficient (Wildman–Crippen LogP) is 2.70. The van der Waals surface area contributed by atoms with Crippen LogP contribution < -0.4 is 4.74 Å². The van der Waals surface area contributed by atoms with E-state index in [0.29, 0.717) is 25.2 Å². The minimum absolute atomic E-state index is 0.0529. The second kappa shape index (κ2) is 9.82. The molecule has 0 radical (unpaired) electrons. The van der Waals surface area contributed by atoms with Gasteiger partial charge in [-0.25, -0.2) is 8.42 Å². The number of carboxylic acid groups (broad SMARTS) is 1. The molecule has 33 heavy (non-hydrogen) atoms. The van der Waals surface area contributed by atoms with Crippen LogP contribution in [0.1, 0.15) is 16.7 Å². The van der Waals surface area contributed by atoms with Crippen molar-refractivity contribution < 1.29 is 36.2 Å². The summed E-state index contributed by atoms with van der Waals surface area (Å²) in [6, 6.07) is 9.65. The Bertz CT molecular complexity index is 1150. The van der Waals surface area contributed by atoms with Crippen LogP contribution in [0.5, 0.6) is 5.75 Å². The third-order valence-corrected chi connectivity index (χ3v) is 6.90. The van der Waals surface area contributed by atoms with Gasteiger partial charge in [0.2, 0.25) is 10.0 Å². The molecular weight excluding hydrogens is 461 g/mol. The van der Waals surface area contributed by atoms with Gasteiger partial charge in [-0.15, -0.1) is 19.6 Å². The molecule has 11 heteroatoms. The average molecular weight is 482 g/mol. The Morgan fingerprint density at radius 2 is 1.70 bits per heavy atom. The van der Waals surface area contributed by atoms with Crippen molar-refractivity contribution >= 4 is 16.0 Å². The largest absolute Gasteiger partial charge is 0.573 e. The molecule has 7 nitrogen and oxygen atoms in total. The molecule has 0 spiro atoms. The van der Waals surface area contributed by atoms with Gasteiger partial charge in [-0.2, -0.15) is 4.31 Å². The van der Waals surface area contributed by atoms with E-state index in [-0.39, 0.29) is 35.7 Å². The number of halogens is 3. The Hall–Kier alpha value is -3.07. The topological polar surface area (TPSA) is 87.1 Å². The molecule has 0 aromatic heterocycles. The fourth-order valence-electron chi connectivity index (χ4n) is 3.50. The van der Waals surface area contributed by atoms with Gasteiger partial charge in [-0.3, -0.25) is 9.69 Å². The lowest BCUT2D eigenvalue weighted by Gasteiger charge is -2.34. The Labute approximate surface area is 189 Å². The quantitative estimate of drug-likeness (QED) is 0.611. The van der Waals surface area contributed by atoms with Gasteiger partial charge >= 0.3 is 12.3 Å². The number of sulfonamides is 1. The van der Waals surface area contributed by atoms with Crippen LogP contribution in [0, 0.1) is 12.3 Å². The van der Waals surface area contributed by atoms with Crippen LogP contribution in [0.25, 0.3) is 0 Å². The van der Waals surface area contributed by atoms with Crippen LogP contribution in [0.15, 0.2) is 47.4 Å². The van der Waals surface area contributed by atoms with Crippen molar-refractivity contribution in [1.82, 2.24) is 9.21 Å². The summed E-state index contributed by atoms with van der Waals surface area (Å²) in [6.07, 6.45) is 0.294. The number of benzene rings is 2. The molecule has 1 N–H and O–H groups in total. The summed E-state index contributed by atoms with van der Waals surface area (Å²) in [5, 5.41) is 9.01. The lowest BCUT2D eigenvalue weighted by molar-refractivity contribution is -0.274. The van der Waals surface area contributed by atoms with E-state index in [1.165, 1.54) is 46.8 Å². The first kappa shape index (κ1) is 24.6. The highest BCUT2D eigenvalue weighted by Crippen LogP contribution is 2.24. The standard InChI is InChI=1S/C22H21F3N2O5S/c1-2-16-11-18(14-21(28)29)13-20(12-16)33(30,31)27-9-7-26(8-10-27)15-17-3-5-19(6-4-17)32-22(23,24)25/h1,3-6,11-13H,7-10,14-15H2,(H,28,29). The van der Waals surface area contributed by atoms with Crippen molar-refractivity contribution in [2.24, 2.45) is 0 Å². The lowest BCUT2D eigenvalue weighted by Crippen LogP contribution is -2.48. The number of terminal acetylenes is 1. The van der Waals surface area contributed by atoms with E-state index in [4.69, 9.17) is 11.5 Å². The van der Waals surface area contributed by atoms with E-state index < -0.39 is 22.4 Å². The Kier molecular flexibility index (Phi) is 7.31. The number of nitrogens with zero attached hydrogens (tertiary/aromatic N) is 2. The molecule has 0 unspecified atom stereocenters. The summed E-state index contributed by atoms with van der Waals surface area (Å²) >= 11 is 0. The molecule has 0 bridgehead atoms. The maximum Gasteiger partial charge on any atom is 0.573 e. The van der Waals surface area contributed by atoms with Crippen LogP contribution in [-0.2, 0) is 27.8 Å². The van der Waals surface area contributed by atoms with Crippen molar-refractivity contribution in [2.45, 2.75) is 24.2 Å². The minimum Gasteiger partial charge on any atom is -0.481 e. The highest BCUT2D eigenvalue weighted by atomic mass is 32.2. The fourth-order valence-corrected chi connectivity index (χ4v) is 5.02. The Balaban J connectivity index is 1.64. The average Bonchev–Trinajstić information content (AvgIpc) is 2.74. The number of alkyl halides is 3. The molecule has 1 fully saturated rings. The number of ether oxygens (including phenoxy) is 1. The lowest BCUT2D eigenvalue weighted by atomic mass is 10.1. The van der Waals surface area contributed by atoms with Crippen molar-refractivity contribution in [3.05, 3.63) is 59.2 Å². The fraction of sp³-hybridized carbons (Fsp3) is 0.318. The van der Waals surface area contributed by atoms with Gasteiger partial charge in [0.25, 0.3) is 0 Å². The molecule has 3 rings (SSSR count). The van der Waals surface area contributed by atoms with Crippen LogP contribution in [0.3, 0.4) is 0 Å². The molecular formula is C22H21F3N2O5S. The zero-order valence-electron chi connectivity index (χ0n) is 17.4. The van der Waals surface area contributed by atoms with Crippen LogP contribution in [0.4, 0.5) is 13.2 Å². The van der Waals surface area contributed by atoms with Crippen molar-refractivity contribution in [3.63, 3.8) is 0 Å². The summed E-state index contributed by atoms with van der Waals surface area (Å²) < 4.78 is 68.2. The molecule has 2 aromatic rings. The van der Waals surface area contributed by atoms with Crippen LogP contribution in [-0.4, -0.2) is 61.2 Å². The molecule has 2 aromatic carbocycles. The monoisotopic (exact) mass is 482 g/mol. The number of rotatable bonds is 7. The maximum absolute atomic E-state index is 13.1. The van der Waals surface area contributed by atoms with Gasteiger partial charge in [0.15, 0.2) is 0 Å². The van der Waals surface area contributed by atoms with Gasteiger partial charge in [-0.1, -0.05) is 18.1 Å². The summed E-state index contributed by atoms with van der Waals surface area (Å²) in [5.41, 5.74) is 1.35. The van der Waals surface area contributed by atoms with Crippen molar-refractivity contribution in [2.75, 3.05) is 26.2 Å². The number of hydrogen-bond acceptors (Lipinski definition) is 5. The van der Waals surface area contributed by atoms with E-state index in [1.54, 1.807) is 0 Å². The highest BCUT2D eigenvalue weighted by molar-refractivity contribution is 7.89. The second-order valence-electron chi connectivity index (χ2n) is 7.45. The normalized spacial score (nSPS) is 15.7. The summed E-state index contributed by atoms with van der Waals surface area (Å²) in [4.78, 5) is 13.0. The van der Waals surface area contributed by atoms with E-state index in [2.05, 4.69) is 10.7 Å². The summed E-state index contributed by atoms with van der Waals surface area (Å²) in [7, 11) is -3.88. The molecule has 0 atom stereocenters. The molecule has 176 valence electrons. The van der Waals surface area contributed by atoms with Crippen LogP contribution >= 0.6 is 0 Å². The second-order valence-corrected chi connectivity index (χ2v) is 9.39. The first-order valence-electron chi connectivity index (χ1n) is 9.86. The van der Waals surface area contributed by atoms with E-state index >= 15 is 0 Å². The third-order valence-electron chi connectivity index (χ3n) is 5.02. The van der Waals surface area contributed by atoms with Crippen molar-refractivity contribution in [3.8, 4) is 18.1 Å². The van der Waals surface area contributed by atoms with E-state index in [1.807, 2.05) is 4.90 Å². The predicted molar refractivity (Wildman–Crippen MR) is 113 cm³/mol. The third kappa shape index (κ3) is 6.71. The molecule has 1 heterocycles. The molecule has 1 aliphatic heterocycles. The van der Waals surface area contributed by atoms with Crippen LogP contribution in [0.2, 0.25) is 0 Å². The van der Waals surface area contributed by atoms with Gasteiger partial charge in [-0.05, 0) is 41.5 Å². The molecule has 0 amide bonds.